The Bertz CT molecular complexity index is 791. The first-order chi connectivity index (χ1) is 10.2. The van der Waals surface area contributed by atoms with Crippen LogP contribution in [0.5, 0.6) is 0 Å². The van der Waals surface area contributed by atoms with Gasteiger partial charge in [-0.3, -0.25) is 4.98 Å². The maximum absolute atomic E-state index is 12.2. The van der Waals surface area contributed by atoms with Crippen LogP contribution in [0.15, 0.2) is 42.6 Å². The van der Waals surface area contributed by atoms with Gasteiger partial charge in [0, 0.05) is 17.4 Å². The molecule has 0 unspecified atom stereocenters. The standard InChI is InChI=1S/C16H15N3O2/c1-2-21-16(20)15-13(10-5-7-11(17)8-6-10)14-12(19-15)4-3-9-18-14/h3-9,19H,2,17H2,1H3. The van der Waals surface area contributed by atoms with Gasteiger partial charge in [-0.1, -0.05) is 12.1 Å². The Morgan fingerprint density at radius 1 is 1.29 bits per heavy atom. The monoisotopic (exact) mass is 281 g/mol. The molecule has 21 heavy (non-hydrogen) atoms. The lowest BCUT2D eigenvalue weighted by molar-refractivity contribution is 0.0521. The third-order valence-corrected chi connectivity index (χ3v) is 3.23. The molecule has 0 bridgehead atoms. The van der Waals surface area contributed by atoms with Crippen LogP contribution in [-0.2, 0) is 4.74 Å². The fourth-order valence-corrected chi connectivity index (χ4v) is 2.31. The van der Waals surface area contributed by atoms with Crippen molar-refractivity contribution in [2.75, 3.05) is 12.3 Å². The molecule has 5 heteroatoms. The van der Waals surface area contributed by atoms with Gasteiger partial charge in [-0.15, -0.1) is 0 Å². The van der Waals surface area contributed by atoms with Crippen LogP contribution in [0.2, 0.25) is 0 Å². The first kappa shape index (κ1) is 13.2. The number of benzene rings is 1. The average molecular weight is 281 g/mol. The molecule has 3 rings (SSSR count). The summed E-state index contributed by atoms with van der Waals surface area (Å²) in [5, 5.41) is 0. The molecule has 0 amide bonds. The maximum atomic E-state index is 12.2. The van der Waals surface area contributed by atoms with E-state index >= 15 is 0 Å². The van der Waals surface area contributed by atoms with Gasteiger partial charge in [0.2, 0.25) is 0 Å². The summed E-state index contributed by atoms with van der Waals surface area (Å²) in [6.07, 6.45) is 1.70. The van der Waals surface area contributed by atoms with Gasteiger partial charge in [-0.05, 0) is 36.8 Å². The number of hydrogen-bond donors (Lipinski definition) is 2. The molecule has 106 valence electrons. The highest BCUT2D eigenvalue weighted by molar-refractivity contribution is 6.06. The average Bonchev–Trinajstić information content (AvgIpc) is 2.88. The lowest BCUT2D eigenvalue weighted by Gasteiger charge is -2.05. The van der Waals surface area contributed by atoms with Gasteiger partial charge in [0.05, 0.1) is 17.6 Å². The topological polar surface area (TPSA) is 81.0 Å². The minimum Gasteiger partial charge on any atom is -0.461 e. The number of ether oxygens (including phenoxy) is 1. The summed E-state index contributed by atoms with van der Waals surface area (Å²) in [6.45, 7) is 2.10. The molecule has 0 saturated carbocycles. The second kappa shape index (κ2) is 5.28. The highest BCUT2D eigenvalue weighted by Gasteiger charge is 2.20. The molecule has 0 spiro atoms. The number of esters is 1. The summed E-state index contributed by atoms with van der Waals surface area (Å²) in [5.41, 5.74) is 9.96. The van der Waals surface area contributed by atoms with E-state index in [0.29, 0.717) is 18.0 Å². The van der Waals surface area contributed by atoms with E-state index in [1.807, 2.05) is 24.3 Å². The fourth-order valence-electron chi connectivity index (χ4n) is 2.31. The maximum Gasteiger partial charge on any atom is 0.355 e. The van der Waals surface area contributed by atoms with Gasteiger partial charge < -0.3 is 15.5 Å². The number of nitrogens with two attached hydrogens (primary N) is 1. The van der Waals surface area contributed by atoms with E-state index in [4.69, 9.17) is 10.5 Å². The molecule has 3 N–H and O–H groups in total. The smallest absolute Gasteiger partial charge is 0.355 e. The normalized spacial score (nSPS) is 10.7. The van der Waals surface area contributed by atoms with Crippen molar-refractivity contribution in [1.29, 1.82) is 0 Å². The number of pyridine rings is 1. The zero-order valence-corrected chi connectivity index (χ0v) is 11.6. The number of nitrogens with zero attached hydrogens (tertiary/aromatic N) is 1. The molecule has 0 aliphatic carbocycles. The Kier molecular flexibility index (Phi) is 3.31. The van der Waals surface area contributed by atoms with Crippen molar-refractivity contribution in [3.05, 3.63) is 48.3 Å². The Balaban J connectivity index is 2.24. The summed E-state index contributed by atoms with van der Waals surface area (Å²) >= 11 is 0. The summed E-state index contributed by atoms with van der Waals surface area (Å²) in [7, 11) is 0. The van der Waals surface area contributed by atoms with E-state index in [1.54, 1.807) is 25.3 Å². The summed E-state index contributed by atoms with van der Waals surface area (Å²) in [4.78, 5) is 19.6. The lowest BCUT2D eigenvalue weighted by Crippen LogP contribution is -2.06. The third kappa shape index (κ3) is 2.33. The van der Waals surface area contributed by atoms with Crippen molar-refractivity contribution >= 4 is 22.7 Å². The Morgan fingerprint density at radius 2 is 2.05 bits per heavy atom. The first-order valence-electron chi connectivity index (χ1n) is 6.70. The molecule has 0 aliphatic rings. The Morgan fingerprint density at radius 3 is 2.76 bits per heavy atom. The number of aromatic amines is 1. The van der Waals surface area contributed by atoms with Crippen LogP contribution in [0.3, 0.4) is 0 Å². The molecular formula is C16H15N3O2. The zero-order valence-electron chi connectivity index (χ0n) is 11.6. The highest BCUT2D eigenvalue weighted by atomic mass is 16.5. The van der Waals surface area contributed by atoms with Gasteiger partial charge in [-0.2, -0.15) is 0 Å². The molecule has 0 aliphatic heterocycles. The third-order valence-electron chi connectivity index (χ3n) is 3.23. The molecule has 2 aromatic heterocycles. The number of carbonyl (C=O) groups is 1. The predicted molar refractivity (Wildman–Crippen MR) is 81.9 cm³/mol. The van der Waals surface area contributed by atoms with E-state index in [0.717, 1.165) is 22.2 Å². The quantitative estimate of drug-likeness (QED) is 0.571. The second-order valence-corrected chi connectivity index (χ2v) is 4.62. The van der Waals surface area contributed by atoms with Crippen molar-refractivity contribution in [2.24, 2.45) is 0 Å². The number of H-pyrrole nitrogens is 1. The lowest BCUT2D eigenvalue weighted by atomic mass is 10.0. The molecule has 5 nitrogen and oxygen atoms in total. The van der Waals surface area contributed by atoms with Crippen LogP contribution in [0.1, 0.15) is 17.4 Å². The van der Waals surface area contributed by atoms with Gasteiger partial charge in [0.25, 0.3) is 0 Å². The number of aromatic nitrogens is 2. The van der Waals surface area contributed by atoms with Crippen LogP contribution in [0.25, 0.3) is 22.2 Å². The molecule has 2 heterocycles. The SMILES string of the molecule is CCOC(=O)c1[nH]c2cccnc2c1-c1ccc(N)cc1. The molecule has 0 radical (unpaired) electrons. The molecule has 0 saturated heterocycles. The van der Waals surface area contributed by atoms with Crippen LogP contribution in [0.4, 0.5) is 5.69 Å². The number of nitrogen functional groups attached to an aromatic ring is 1. The number of carbonyl (C=O) groups excluding carboxylic acids is 1. The van der Waals surface area contributed by atoms with Crippen LogP contribution in [-0.4, -0.2) is 22.5 Å². The number of hydrogen-bond acceptors (Lipinski definition) is 4. The van der Waals surface area contributed by atoms with Crippen molar-refractivity contribution < 1.29 is 9.53 Å². The summed E-state index contributed by atoms with van der Waals surface area (Å²) < 4.78 is 5.12. The van der Waals surface area contributed by atoms with Crippen LogP contribution >= 0.6 is 0 Å². The second-order valence-electron chi connectivity index (χ2n) is 4.62. The van der Waals surface area contributed by atoms with Gasteiger partial charge in [0.15, 0.2) is 0 Å². The minimum absolute atomic E-state index is 0.322. The molecule has 3 aromatic rings. The van der Waals surface area contributed by atoms with Gasteiger partial charge in [-0.25, -0.2) is 4.79 Å². The first-order valence-corrected chi connectivity index (χ1v) is 6.70. The minimum atomic E-state index is -0.387. The van der Waals surface area contributed by atoms with Crippen molar-refractivity contribution in [3.63, 3.8) is 0 Å². The molecule has 1 aromatic carbocycles. The van der Waals surface area contributed by atoms with Gasteiger partial charge >= 0.3 is 5.97 Å². The van der Waals surface area contributed by atoms with Crippen molar-refractivity contribution in [2.45, 2.75) is 6.92 Å². The molecule has 0 fully saturated rings. The predicted octanol–water partition coefficient (Wildman–Crippen LogP) is 2.99. The molecular weight excluding hydrogens is 266 g/mol. The summed E-state index contributed by atoms with van der Waals surface area (Å²) in [6, 6.07) is 11.0. The largest absolute Gasteiger partial charge is 0.461 e. The number of anilines is 1. The van der Waals surface area contributed by atoms with Crippen molar-refractivity contribution in [1.82, 2.24) is 9.97 Å². The molecule has 0 atom stereocenters. The van der Waals surface area contributed by atoms with E-state index < -0.39 is 0 Å². The highest BCUT2D eigenvalue weighted by Crippen LogP contribution is 2.31. The van der Waals surface area contributed by atoms with E-state index in [-0.39, 0.29) is 5.97 Å². The number of rotatable bonds is 3. The van der Waals surface area contributed by atoms with E-state index in [2.05, 4.69) is 9.97 Å². The van der Waals surface area contributed by atoms with Crippen molar-refractivity contribution in [3.8, 4) is 11.1 Å². The van der Waals surface area contributed by atoms with Crippen LogP contribution in [0, 0.1) is 0 Å². The summed E-state index contributed by atoms with van der Waals surface area (Å²) in [5.74, 6) is -0.387. The fraction of sp³-hybridized carbons (Fsp3) is 0.125. The Labute approximate surface area is 121 Å². The van der Waals surface area contributed by atoms with Gasteiger partial charge in [0.1, 0.15) is 5.69 Å². The zero-order chi connectivity index (χ0) is 14.8. The number of fused-ring (bicyclic) bond motifs is 1. The Hall–Kier alpha value is -2.82. The number of nitrogens with one attached hydrogen (secondary N) is 1. The van der Waals surface area contributed by atoms with E-state index in [1.165, 1.54) is 0 Å². The van der Waals surface area contributed by atoms with E-state index in [9.17, 15) is 4.79 Å². The van der Waals surface area contributed by atoms with Crippen LogP contribution < -0.4 is 5.73 Å².